The predicted octanol–water partition coefficient (Wildman–Crippen LogP) is 1.93. The van der Waals surface area contributed by atoms with Crippen molar-refractivity contribution in [1.29, 1.82) is 0 Å². The SMILES string of the molecule is Cc1c(Br)nnn1C(C)C. The van der Waals surface area contributed by atoms with Crippen molar-refractivity contribution in [2.75, 3.05) is 0 Å². The average molecular weight is 204 g/mol. The fourth-order valence-corrected chi connectivity index (χ4v) is 1.06. The van der Waals surface area contributed by atoms with Crippen LogP contribution in [0.3, 0.4) is 0 Å². The number of rotatable bonds is 1. The molecule has 0 bridgehead atoms. The molecule has 0 aromatic carbocycles. The van der Waals surface area contributed by atoms with Crippen molar-refractivity contribution in [3.05, 3.63) is 10.3 Å². The Morgan fingerprint density at radius 1 is 1.50 bits per heavy atom. The molecule has 0 saturated heterocycles. The maximum atomic E-state index is 3.93. The Kier molecular flexibility index (Phi) is 2.08. The zero-order chi connectivity index (χ0) is 7.72. The molecule has 10 heavy (non-hydrogen) atoms. The molecule has 0 aliphatic heterocycles. The van der Waals surface area contributed by atoms with E-state index in [2.05, 4.69) is 40.1 Å². The molecule has 0 N–H and O–H groups in total. The topological polar surface area (TPSA) is 30.7 Å². The van der Waals surface area contributed by atoms with E-state index in [4.69, 9.17) is 0 Å². The Labute approximate surface area is 68.6 Å². The smallest absolute Gasteiger partial charge is 0.151 e. The summed E-state index contributed by atoms with van der Waals surface area (Å²) in [4.78, 5) is 0. The van der Waals surface area contributed by atoms with Crippen LogP contribution in [0.25, 0.3) is 0 Å². The Morgan fingerprint density at radius 3 is 2.30 bits per heavy atom. The van der Waals surface area contributed by atoms with Crippen molar-refractivity contribution in [2.24, 2.45) is 0 Å². The molecule has 0 aliphatic rings. The number of hydrogen-bond donors (Lipinski definition) is 0. The van der Waals surface area contributed by atoms with E-state index >= 15 is 0 Å². The van der Waals surface area contributed by atoms with Gasteiger partial charge in [-0.1, -0.05) is 5.21 Å². The Morgan fingerprint density at radius 2 is 2.10 bits per heavy atom. The van der Waals surface area contributed by atoms with Crippen molar-refractivity contribution in [2.45, 2.75) is 26.8 Å². The predicted molar refractivity (Wildman–Crippen MR) is 42.8 cm³/mol. The molecule has 0 radical (unpaired) electrons. The quantitative estimate of drug-likeness (QED) is 0.699. The highest BCUT2D eigenvalue weighted by Gasteiger charge is 2.06. The van der Waals surface area contributed by atoms with E-state index in [0.717, 1.165) is 10.3 Å². The van der Waals surface area contributed by atoms with Gasteiger partial charge in [-0.3, -0.25) is 0 Å². The lowest BCUT2D eigenvalue weighted by Gasteiger charge is -2.04. The van der Waals surface area contributed by atoms with Gasteiger partial charge in [-0.05, 0) is 36.7 Å². The second-order valence-electron chi connectivity index (χ2n) is 2.50. The van der Waals surface area contributed by atoms with Gasteiger partial charge in [0.25, 0.3) is 0 Å². The second-order valence-corrected chi connectivity index (χ2v) is 3.26. The lowest BCUT2D eigenvalue weighted by Crippen LogP contribution is -2.04. The molecule has 3 nitrogen and oxygen atoms in total. The minimum absolute atomic E-state index is 0.388. The molecule has 0 saturated carbocycles. The van der Waals surface area contributed by atoms with E-state index in [-0.39, 0.29) is 0 Å². The first kappa shape index (κ1) is 7.72. The van der Waals surface area contributed by atoms with Gasteiger partial charge in [0.05, 0.1) is 5.69 Å². The summed E-state index contributed by atoms with van der Waals surface area (Å²) in [5, 5.41) is 7.80. The third-order valence-electron chi connectivity index (χ3n) is 1.36. The van der Waals surface area contributed by atoms with Crippen molar-refractivity contribution in [3.63, 3.8) is 0 Å². The Balaban J connectivity index is 3.05. The molecule has 0 fully saturated rings. The van der Waals surface area contributed by atoms with Gasteiger partial charge >= 0.3 is 0 Å². The van der Waals surface area contributed by atoms with E-state index in [1.54, 1.807) is 0 Å². The maximum absolute atomic E-state index is 3.93. The molecule has 1 rings (SSSR count). The Hall–Kier alpha value is -0.380. The number of halogens is 1. The molecule has 0 amide bonds. The summed E-state index contributed by atoms with van der Waals surface area (Å²) in [6, 6.07) is 0.388. The van der Waals surface area contributed by atoms with E-state index in [0.29, 0.717) is 6.04 Å². The van der Waals surface area contributed by atoms with Gasteiger partial charge in [-0.15, -0.1) is 5.10 Å². The largest absolute Gasteiger partial charge is 0.246 e. The highest BCUT2D eigenvalue weighted by molar-refractivity contribution is 9.10. The average Bonchev–Trinajstić information content (AvgIpc) is 2.14. The molecule has 0 atom stereocenters. The van der Waals surface area contributed by atoms with Gasteiger partial charge in [0, 0.05) is 6.04 Å². The lowest BCUT2D eigenvalue weighted by molar-refractivity contribution is 0.502. The van der Waals surface area contributed by atoms with Gasteiger partial charge in [0.15, 0.2) is 4.60 Å². The molecule has 56 valence electrons. The molecule has 1 aromatic heterocycles. The minimum Gasteiger partial charge on any atom is -0.246 e. The van der Waals surface area contributed by atoms with Crippen LogP contribution in [0.5, 0.6) is 0 Å². The summed E-state index contributed by atoms with van der Waals surface area (Å²) < 4.78 is 2.71. The second kappa shape index (κ2) is 2.70. The molecule has 4 heteroatoms. The summed E-state index contributed by atoms with van der Waals surface area (Å²) in [5.41, 5.74) is 1.08. The van der Waals surface area contributed by atoms with Gasteiger partial charge in [-0.25, -0.2) is 4.68 Å². The summed E-state index contributed by atoms with van der Waals surface area (Å²) in [6.07, 6.45) is 0. The van der Waals surface area contributed by atoms with Gasteiger partial charge < -0.3 is 0 Å². The van der Waals surface area contributed by atoms with E-state index in [1.807, 2.05) is 11.6 Å². The first-order valence-electron chi connectivity index (χ1n) is 3.20. The van der Waals surface area contributed by atoms with Crippen molar-refractivity contribution >= 4 is 15.9 Å². The summed E-state index contributed by atoms with van der Waals surface area (Å²) in [6.45, 7) is 6.15. The molecule has 0 aliphatic carbocycles. The maximum Gasteiger partial charge on any atom is 0.151 e. The van der Waals surface area contributed by atoms with Crippen LogP contribution in [0.1, 0.15) is 25.6 Å². The molecule has 0 unspecified atom stereocenters. The lowest BCUT2D eigenvalue weighted by atomic mass is 10.4. The van der Waals surface area contributed by atoms with Gasteiger partial charge in [-0.2, -0.15) is 0 Å². The highest BCUT2D eigenvalue weighted by Crippen LogP contribution is 2.14. The van der Waals surface area contributed by atoms with Crippen molar-refractivity contribution in [3.8, 4) is 0 Å². The Bertz CT molecular complexity index is 229. The third kappa shape index (κ3) is 1.21. The zero-order valence-corrected chi connectivity index (χ0v) is 7.88. The van der Waals surface area contributed by atoms with Crippen molar-refractivity contribution in [1.82, 2.24) is 15.0 Å². The van der Waals surface area contributed by atoms with Crippen LogP contribution in [0, 0.1) is 6.92 Å². The monoisotopic (exact) mass is 203 g/mol. The third-order valence-corrected chi connectivity index (χ3v) is 2.09. The van der Waals surface area contributed by atoms with Crippen LogP contribution in [0.15, 0.2) is 4.60 Å². The molecule has 1 heterocycles. The van der Waals surface area contributed by atoms with Gasteiger partial charge in [0.2, 0.25) is 0 Å². The fraction of sp³-hybridized carbons (Fsp3) is 0.667. The van der Waals surface area contributed by atoms with Gasteiger partial charge in [0.1, 0.15) is 0 Å². The zero-order valence-electron chi connectivity index (χ0n) is 6.30. The van der Waals surface area contributed by atoms with E-state index < -0.39 is 0 Å². The number of hydrogen-bond acceptors (Lipinski definition) is 2. The minimum atomic E-state index is 0.388. The summed E-state index contributed by atoms with van der Waals surface area (Å²) in [7, 11) is 0. The van der Waals surface area contributed by atoms with Crippen LogP contribution < -0.4 is 0 Å². The van der Waals surface area contributed by atoms with Crippen LogP contribution in [-0.4, -0.2) is 15.0 Å². The standard InChI is InChI=1S/C6H10BrN3/c1-4(2)10-5(3)6(7)8-9-10/h4H,1-3H3. The number of nitrogens with zero attached hydrogens (tertiary/aromatic N) is 3. The van der Waals surface area contributed by atoms with Crippen LogP contribution in [-0.2, 0) is 0 Å². The first-order chi connectivity index (χ1) is 4.63. The normalized spacial score (nSPS) is 10.9. The number of aromatic nitrogens is 3. The molecular formula is C6H10BrN3. The fourth-order valence-electron chi connectivity index (χ4n) is 0.812. The highest BCUT2D eigenvalue weighted by atomic mass is 79.9. The molecular weight excluding hydrogens is 194 g/mol. The van der Waals surface area contributed by atoms with Crippen LogP contribution in [0.2, 0.25) is 0 Å². The first-order valence-corrected chi connectivity index (χ1v) is 3.99. The van der Waals surface area contributed by atoms with Crippen molar-refractivity contribution < 1.29 is 0 Å². The van der Waals surface area contributed by atoms with E-state index in [1.165, 1.54) is 0 Å². The summed E-state index contributed by atoms with van der Waals surface area (Å²) >= 11 is 3.29. The van der Waals surface area contributed by atoms with Crippen LogP contribution in [0.4, 0.5) is 0 Å². The summed E-state index contributed by atoms with van der Waals surface area (Å²) in [5.74, 6) is 0. The molecule has 0 spiro atoms. The van der Waals surface area contributed by atoms with Crippen LogP contribution >= 0.6 is 15.9 Å². The molecule has 1 aromatic rings. The van der Waals surface area contributed by atoms with E-state index in [9.17, 15) is 0 Å².